The van der Waals surface area contributed by atoms with Crippen molar-refractivity contribution in [3.8, 4) is 0 Å². The normalized spacial score (nSPS) is 15.9. The highest BCUT2D eigenvalue weighted by atomic mass is 16.4. The van der Waals surface area contributed by atoms with Gasteiger partial charge in [0, 0.05) is 25.3 Å². The van der Waals surface area contributed by atoms with Gasteiger partial charge >= 0.3 is 5.97 Å². The van der Waals surface area contributed by atoms with E-state index in [0.717, 1.165) is 11.1 Å². The van der Waals surface area contributed by atoms with Crippen LogP contribution in [-0.2, 0) is 11.8 Å². The first-order valence-corrected chi connectivity index (χ1v) is 5.78. The molecule has 0 bridgehead atoms. The summed E-state index contributed by atoms with van der Waals surface area (Å²) < 4.78 is 1.57. The summed E-state index contributed by atoms with van der Waals surface area (Å²) in [7, 11) is 1.73. The second kappa shape index (κ2) is 3.66. The number of Topliss-reactive ketones (excluding diaryl/α,β-unsaturated/α-hetero) is 1. The number of carbonyl (C=O) groups excluding carboxylic acids is 1. The molecule has 0 saturated heterocycles. The van der Waals surface area contributed by atoms with E-state index in [1.807, 2.05) is 12.1 Å². The first kappa shape index (κ1) is 11.0. The molecule has 1 aromatic heterocycles. The van der Waals surface area contributed by atoms with Gasteiger partial charge in [-0.05, 0) is 17.5 Å². The minimum absolute atomic E-state index is 0.0729. The van der Waals surface area contributed by atoms with Crippen LogP contribution in [-0.4, -0.2) is 26.6 Å². The van der Waals surface area contributed by atoms with Gasteiger partial charge in [0.1, 0.15) is 5.78 Å². The summed E-state index contributed by atoms with van der Waals surface area (Å²) in [5.41, 5.74) is 1.95. The Kier molecular flexibility index (Phi) is 2.23. The Balaban J connectivity index is 2.10. The van der Waals surface area contributed by atoms with Gasteiger partial charge in [0.2, 0.25) is 0 Å². The Bertz CT molecular complexity index is 664. The van der Waals surface area contributed by atoms with Gasteiger partial charge in [-0.25, -0.2) is 4.79 Å². The van der Waals surface area contributed by atoms with Crippen LogP contribution < -0.4 is 0 Å². The Morgan fingerprint density at radius 3 is 2.78 bits per heavy atom. The molecule has 0 atom stereocenters. The number of carboxylic acid groups (broad SMARTS) is 1. The number of carboxylic acids is 1. The van der Waals surface area contributed by atoms with Crippen molar-refractivity contribution in [1.29, 1.82) is 0 Å². The van der Waals surface area contributed by atoms with Gasteiger partial charge in [-0.15, -0.1) is 0 Å². The van der Waals surface area contributed by atoms with Crippen LogP contribution in [0, 0.1) is 0 Å². The van der Waals surface area contributed by atoms with Gasteiger partial charge < -0.3 is 5.11 Å². The van der Waals surface area contributed by atoms with Crippen molar-refractivity contribution >= 4 is 22.7 Å². The standard InChI is InChI=1S/C13H12N2O3/c1-15-11-6-7(8-4-9(16)5-8)2-3-10(11)12(14-15)13(17)18/h2-3,6,8H,4-5H2,1H3,(H,17,18). The third kappa shape index (κ3) is 1.51. The van der Waals surface area contributed by atoms with E-state index in [2.05, 4.69) is 5.10 Å². The lowest BCUT2D eigenvalue weighted by atomic mass is 9.79. The second-order valence-corrected chi connectivity index (χ2v) is 4.70. The number of nitrogens with zero attached hydrogens (tertiary/aromatic N) is 2. The molecular weight excluding hydrogens is 232 g/mol. The minimum Gasteiger partial charge on any atom is -0.476 e. The molecule has 0 spiro atoms. The van der Waals surface area contributed by atoms with Crippen LogP contribution in [0.5, 0.6) is 0 Å². The van der Waals surface area contributed by atoms with Gasteiger partial charge in [0.25, 0.3) is 0 Å². The predicted octanol–water partition coefficient (Wildman–Crippen LogP) is 1.72. The summed E-state index contributed by atoms with van der Waals surface area (Å²) in [6.07, 6.45) is 1.18. The molecule has 18 heavy (non-hydrogen) atoms. The van der Waals surface area contributed by atoms with E-state index in [1.54, 1.807) is 17.8 Å². The number of ketones is 1. The van der Waals surface area contributed by atoms with Crippen molar-refractivity contribution in [3.63, 3.8) is 0 Å². The number of hydrogen-bond acceptors (Lipinski definition) is 3. The maximum atomic E-state index is 11.0. The number of benzene rings is 1. The molecule has 0 radical (unpaired) electrons. The molecule has 1 heterocycles. The summed E-state index contributed by atoms with van der Waals surface area (Å²) in [5, 5.41) is 13.7. The Labute approximate surface area is 103 Å². The number of hydrogen-bond donors (Lipinski definition) is 1. The average molecular weight is 244 g/mol. The van der Waals surface area contributed by atoms with E-state index < -0.39 is 5.97 Å². The SMILES string of the molecule is Cn1nc(C(=O)O)c2ccc(C3CC(=O)C3)cc21. The van der Waals surface area contributed by atoms with E-state index in [-0.39, 0.29) is 17.4 Å². The number of carbonyl (C=O) groups is 2. The van der Waals surface area contributed by atoms with Gasteiger partial charge in [0.15, 0.2) is 5.69 Å². The maximum absolute atomic E-state index is 11.0. The van der Waals surface area contributed by atoms with Gasteiger partial charge in [0.05, 0.1) is 5.52 Å². The van der Waals surface area contributed by atoms with Gasteiger partial charge in [-0.3, -0.25) is 9.48 Å². The topological polar surface area (TPSA) is 72.2 Å². The lowest BCUT2D eigenvalue weighted by Gasteiger charge is -2.24. The first-order valence-electron chi connectivity index (χ1n) is 5.78. The third-order valence-corrected chi connectivity index (χ3v) is 3.50. The molecule has 3 rings (SSSR count). The van der Waals surface area contributed by atoms with Crippen LogP contribution >= 0.6 is 0 Å². The highest BCUT2D eigenvalue weighted by Crippen LogP contribution is 2.35. The van der Waals surface area contributed by atoms with Crippen LogP contribution in [0.2, 0.25) is 0 Å². The third-order valence-electron chi connectivity index (χ3n) is 3.50. The number of aromatic carboxylic acids is 1. The smallest absolute Gasteiger partial charge is 0.357 e. The molecule has 0 unspecified atom stereocenters. The molecule has 5 heteroatoms. The fraction of sp³-hybridized carbons (Fsp3) is 0.308. The van der Waals surface area contributed by atoms with E-state index in [1.165, 1.54) is 0 Å². The number of rotatable bonds is 2. The molecule has 2 aromatic rings. The van der Waals surface area contributed by atoms with Crippen molar-refractivity contribution in [2.24, 2.45) is 7.05 Å². The van der Waals surface area contributed by atoms with Crippen molar-refractivity contribution < 1.29 is 14.7 Å². The monoisotopic (exact) mass is 244 g/mol. The molecule has 1 fully saturated rings. The highest BCUT2D eigenvalue weighted by molar-refractivity contribution is 6.01. The number of aromatic nitrogens is 2. The van der Waals surface area contributed by atoms with Gasteiger partial charge in [-0.1, -0.05) is 12.1 Å². The van der Waals surface area contributed by atoms with E-state index in [4.69, 9.17) is 5.11 Å². The molecule has 5 nitrogen and oxygen atoms in total. The predicted molar refractivity (Wildman–Crippen MR) is 64.7 cm³/mol. The molecule has 1 aliphatic carbocycles. The largest absolute Gasteiger partial charge is 0.476 e. The minimum atomic E-state index is -1.02. The van der Waals surface area contributed by atoms with Crippen molar-refractivity contribution in [3.05, 3.63) is 29.5 Å². The lowest BCUT2D eigenvalue weighted by Crippen LogP contribution is -2.21. The van der Waals surface area contributed by atoms with E-state index in [0.29, 0.717) is 18.2 Å². The molecule has 1 N–H and O–H groups in total. The zero-order valence-corrected chi connectivity index (χ0v) is 9.88. The van der Waals surface area contributed by atoms with Crippen molar-refractivity contribution in [2.45, 2.75) is 18.8 Å². The molecule has 0 aliphatic heterocycles. The molecule has 0 amide bonds. The zero-order chi connectivity index (χ0) is 12.9. The summed E-state index contributed by atoms with van der Waals surface area (Å²) >= 11 is 0. The van der Waals surface area contributed by atoms with Crippen molar-refractivity contribution in [1.82, 2.24) is 9.78 Å². The zero-order valence-electron chi connectivity index (χ0n) is 9.88. The fourth-order valence-corrected chi connectivity index (χ4v) is 2.41. The molecule has 1 aliphatic rings. The average Bonchev–Trinajstić information content (AvgIpc) is 2.63. The first-order chi connectivity index (χ1) is 8.56. The van der Waals surface area contributed by atoms with E-state index >= 15 is 0 Å². The highest BCUT2D eigenvalue weighted by Gasteiger charge is 2.28. The van der Waals surface area contributed by atoms with E-state index in [9.17, 15) is 9.59 Å². The second-order valence-electron chi connectivity index (χ2n) is 4.70. The quantitative estimate of drug-likeness (QED) is 0.873. The van der Waals surface area contributed by atoms with Crippen LogP contribution in [0.1, 0.15) is 34.8 Å². The van der Waals surface area contributed by atoms with Gasteiger partial charge in [-0.2, -0.15) is 5.10 Å². The fourth-order valence-electron chi connectivity index (χ4n) is 2.41. The van der Waals surface area contributed by atoms with Crippen LogP contribution in [0.25, 0.3) is 10.9 Å². The maximum Gasteiger partial charge on any atom is 0.357 e. The number of aryl methyl sites for hydroxylation is 1. The van der Waals surface area contributed by atoms with Crippen molar-refractivity contribution in [2.75, 3.05) is 0 Å². The summed E-state index contributed by atoms with van der Waals surface area (Å²) in [6, 6.07) is 5.61. The van der Waals surface area contributed by atoms with Crippen LogP contribution in [0.3, 0.4) is 0 Å². The van der Waals surface area contributed by atoms with Crippen LogP contribution in [0.15, 0.2) is 18.2 Å². The molecule has 1 aromatic carbocycles. The molecule has 92 valence electrons. The summed E-state index contributed by atoms with van der Waals surface area (Å²) in [6.45, 7) is 0. The Morgan fingerprint density at radius 2 is 2.17 bits per heavy atom. The summed E-state index contributed by atoms with van der Waals surface area (Å²) in [4.78, 5) is 22.0. The molecular formula is C13H12N2O3. The Morgan fingerprint density at radius 1 is 1.44 bits per heavy atom. The number of fused-ring (bicyclic) bond motifs is 1. The summed E-state index contributed by atoms with van der Waals surface area (Å²) in [5.74, 6) is -0.450. The lowest BCUT2D eigenvalue weighted by molar-refractivity contribution is -0.124. The molecule has 1 saturated carbocycles. The Hall–Kier alpha value is -2.17. The van der Waals surface area contributed by atoms with Crippen LogP contribution in [0.4, 0.5) is 0 Å².